The summed E-state index contributed by atoms with van der Waals surface area (Å²) in [5.74, 6) is 0.788. The fourth-order valence-electron chi connectivity index (χ4n) is 2.55. The molecule has 0 atom stereocenters. The van der Waals surface area contributed by atoms with Crippen LogP contribution in [0.25, 0.3) is 11.4 Å². The van der Waals surface area contributed by atoms with Gasteiger partial charge in [0.2, 0.25) is 0 Å². The van der Waals surface area contributed by atoms with Gasteiger partial charge in [0.1, 0.15) is 36.0 Å². The number of anilines is 1. The summed E-state index contributed by atoms with van der Waals surface area (Å²) in [5.41, 5.74) is 0.384. The van der Waals surface area contributed by atoms with Gasteiger partial charge in [0.05, 0.1) is 0 Å². The lowest BCUT2D eigenvalue weighted by molar-refractivity contribution is -0.141. The van der Waals surface area contributed by atoms with Gasteiger partial charge in [-0.1, -0.05) is 11.3 Å². The maximum atomic E-state index is 12.7. The molecule has 4 rings (SSSR count). The number of nitrogens with zero attached hydrogens (tertiary/aromatic N) is 4. The largest absolute Gasteiger partial charge is 0.490 e. The van der Waals surface area contributed by atoms with E-state index >= 15 is 0 Å². The summed E-state index contributed by atoms with van der Waals surface area (Å²) in [5, 5.41) is 11.2. The molecular formula is C18H17F3N6O2S2. The van der Waals surface area contributed by atoms with E-state index in [0.29, 0.717) is 27.7 Å². The fraction of sp³-hybridized carbons (Fsp3) is 0.333. The number of rotatable bonds is 7. The van der Waals surface area contributed by atoms with E-state index in [4.69, 9.17) is 9.47 Å². The second kappa shape index (κ2) is 9.47. The van der Waals surface area contributed by atoms with Crippen molar-refractivity contribution >= 4 is 33.8 Å². The zero-order chi connectivity index (χ0) is 21.7. The number of alkyl halides is 3. The number of pyridine rings is 1. The first-order chi connectivity index (χ1) is 15.0. The van der Waals surface area contributed by atoms with Gasteiger partial charge in [-0.3, -0.25) is 9.98 Å². The summed E-state index contributed by atoms with van der Waals surface area (Å²) < 4.78 is 48.9. The van der Waals surface area contributed by atoms with Crippen molar-refractivity contribution in [1.29, 1.82) is 0 Å². The molecule has 0 saturated heterocycles. The topological polar surface area (TPSA) is 93.5 Å². The highest BCUT2D eigenvalue weighted by Crippen LogP contribution is 2.30. The first kappa shape index (κ1) is 21.3. The lowest BCUT2D eigenvalue weighted by Gasteiger charge is -2.13. The van der Waals surface area contributed by atoms with Crippen LogP contribution in [0.4, 0.5) is 18.3 Å². The summed E-state index contributed by atoms with van der Waals surface area (Å²) >= 11 is 2.75. The number of hydrogen-bond acceptors (Lipinski definition) is 10. The molecule has 8 nitrogen and oxygen atoms in total. The lowest BCUT2D eigenvalue weighted by Crippen LogP contribution is -2.35. The van der Waals surface area contributed by atoms with Crippen molar-refractivity contribution in [2.75, 3.05) is 31.6 Å². The molecule has 31 heavy (non-hydrogen) atoms. The molecule has 0 fully saturated rings. The highest BCUT2D eigenvalue weighted by atomic mass is 32.1. The minimum atomic E-state index is -4.52. The Bertz CT molecular complexity index is 1050. The Kier molecular flexibility index (Phi) is 6.51. The predicted octanol–water partition coefficient (Wildman–Crippen LogP) is 3.90. The molecule has 164 valence electrons. The van der Waals surface area contributed by atoms with Gasteiger partial charge in [-0.25, -0.2) is 9.97 Å². The van der Waals surface area contributed by atoms with Crippen molar-refractivity contribution in [3.8, 4) is 22.3 Å². The van der Waals surface area contributed by atoms with E-state index in [1.807, 2.05) is 10.8 Å². The van der Waals surface area contributed by atoms with Crippen molar-refractivity contribution in [3.05, 3.63) is 34.8 Å². The summed E-state index contributed by atoms with van der Waals surface area (Å²) in [7, 11) is 0. The van der Waals surface area contributed by atoms with Crippen LogP contribution in [0.3, 0.4) is 0 Å². The Labute approximate surface area is 183 Å². The Balaban J connectivity index is 1.27. The van der Waals surface area contributed by atoms with E-state index in [9.17, 15) is 13.2 Å². The normalized spacial score (nSPS) is 14.0. The van der Waals surface area contributed by atoms with Crippen LogP contribution in [-0.2, 0) is 6.18 Å². The van der Waals surface area contributed by atoms with Crippen molar-refractivity contribution in [2.24, 2.45) is 4.99 Å². The quantitative estimate of drug-likeness (QED) is 0.506. The third-order valence-electron chi connectivity index (χ3n) is 3.97. The molecule has 0 saturated carbocycles. The molecular weight excluding hydrogens is 453 g/mol. The highest BCUT2D eigenvalue weighted by Gasteiger charge is 2.32. The molecule has 0 radical (unpaired) electrons. The minimum Gasteiger partial charge on any atom is -0.490 e. The molecule has 0 spiro atoms. The molecule has 0 bridgehead atoms. The Hall–Kier alpha value is -2.93. The zero-order valence-corrected chi connectivity index (χ0v) is 17.6. The van der Waals surface area contributed by atoms with E-state index in [1.54, 1.807) is 0 Å². The monoisotopic (exact) mass is 470 g/mol. The molecule has 13 heteroatoms. The van der Waals surface area contributed by atoms with Gasteiger partial charge in [0.15, 0.2) is 11.1 Å². The SMILES string of the molecule is FC(F)(F)c1cc(OCCOc2nc(-c3csc(NC4=NCCCN4)n3)cs2)ccn1. The second-order valence-corrected chi connectivity index (χ2v) is 7.92. The molecule has 0 amide bonds. The van der Waals surface area contributed by atoms with Crippen LogP contribution < -0.4 is 20.1 Å². The third-order valence-corrected chi connectivity index (χ3v) is 5.48. The smallest absolute Gasteiger partial charge is 0.433 e. The van der Waals surface area contributed by atoms with Gasteiger partial charge < -0.3 is 20.1 Å². The average molecular weight is 471 g/mol. The van der Waals surface area contributed by atoms with E-state index in [-0.39, 0.29) is 19.0 Å². The molecule has 1 aliphatic heterocycles. The second-order valence-electron chi connectivity index (χ2n) is 6.24. The molecule has 2 N–H and O–H groups in total. The fourth-order valence-corrected chi connectivity index (χ4v) is 3.94. The number of hydrogen-bond donors (Lipinski definition) is 2. The van der Waals surface area contributed by atoms with Crippen LogP contribution in [-0.4, -0.2) is 47.2 Å². The first-order valence-electron chi connectivity index (χ1n) is 9.23. The van der Waals surface area contributed by atoms with E-state index in [2.05, 4.69) is 30.6 Å². The van der Waals surface area contributed by atoms with Crippen LogP contribution in [0.2, 0.25) is 0 Å². The van der Waals surface area contributed by atoms with Crippen molar-refractivity contribution < 1.29 is 22.6 Å². The van der Waals surface area contributed by atoms with Crippen molar-refractivity contribution in [3.63, 3.8) is 0 Å². The molecule has 3 aromatic heterocycles. The third kappa shape index (κ3) is 5.82. The summed E-state index contributed by atoms with van der Waals surface area (Å²) in [6.45, 7) is 1.86. The lowest BCUT2D eigenvalue weighted by atomic mass is 10.3. The Morgan fingerprint density at radius 2 is 1.90 bits per heavy atom. The van der Waals surface area contributed by atoms with Gasteiger partial charge in [-0.15, -0.1) is 11.3 Å². The molecule has 0 aliphatic carbocycles. The van der Waals surface area contributed by atoms with Gasteiger partial charge in [0.25, 0.3) is 5.19 Å². The van der Waals surface area contributed by atoms with Crippen LogP contribution in [0.1, 0.15) is 12.1 Å². The average Bonchev–Trinajstić information content (AvgIpc) is 3.41. The number of halogens is 3. The predicted molar refractivity (Wildman–Crippen MR) is 112 cm³/mol. The molecule has 0 unspecified atom stereocenters. The number of ether oxygens (including phenoxy) is 2. The van der Waals surface area contributed by atoms with E-state index in [0.717, 1.165) is 31.8 Å². The summed E-state index contributed by atoms with van der Waals surface area (Å²) in [4.78, 5) is 16.5. The van der Waals surface area contributed by atoms with Gasteiger partial charge in [-0.2, -0.15) is 13.2 Å². The van der Waals surface area contributed by atoms with Gasteiger partial charge in [0, 0.05) is 36.1 Å². The molecule has 0 aromatic carbocycles. The number of aliphatic imine (C=N–C) groups is 1. The number of guanidine groups is 1. The zero-order valence-electron chi connectivity index (χ0n) is 16.0. The maximum Gasteiger partial charge on any atom is 0.433 e. The van der Waals surface area contributed by atoms with Crippen LogP contribution in [0, 0.1) is 0 Å². The highest BCUT2D eigenvalue weighted by molar-refractivity contribution is 7.14. The first-order valence-corrected chi connectivity index (χ1v) is 11.0. The number of thiazole rings is 2. The maximum absolute atomic E-state index is 12.7. The van der Waals surface area contributed by atoms with Crippen LogP contribution in [0.5, 0.6) is 10.9 Å². The minimum absolute atomic E-state index is 0.0656. The Morgan fingerprint density at radius 3 is 2.71 bits per heavy atom. The number of nitrogens with one attached hydrogen (secondary N) is 2. The molecule has 1 aliphatic rings. The van der Waals surface area contributed by atoms with Crippen LogP contribution >= 0.6 is 22.7 Å². The summed E-state index contributed by atoms with van der Waals surface area (Å²) in [6.07, 6.45) is -2.45. The van der Waals surface area contributed by atoms with Gasteiger partial charge in [-0.05, 0) is 12.5 Å². The molecule has 4 heterocycles. The molecule has 3 aromatic rings. The summed E-state index contributed by atoms with van der Waals surface area (Å²) in [6, 6.07) is 2.21. The standard InChI is InChI=1S/C18H17F3N6O2S2/c19-18(20,21)14-8-11(2-5-22-14)28-6-7-29-17-26-13(10-31-17)12-9-30-16(25-12)27-15-23-3-1-4-24-15/h2,5,8-10H,1,3-4,6-7H2,(H2,23,24,25,27). The van der Waals surface area contributed by atoms with Gasteiger partial charge >= 0.3 is 6.18 Å². The van der Waals surface area contributed by atoms with Crippen molar-refractivity contribution in [1.82, 2.24) is 20.3 Å². The van der Waals surface area contributed by atoms with E-state index in [1.165, 1.54) is 28.7 Å². The van der Waals surface area contributed by atoms with Crippen molar-refractivity contribution in [2.45, 2.75) is 12.6 Å². The van der Waals surface area contributed by atoms with E-state index < -0.39 is 11.9 Å². The van der Waals surface area contributed by atoms with Crippen LogP contribution in [0.15, 0.2) is 34.1 Å². The number of aromatic nitrogens is 3. The Morgan fingerprint density at radius 1 is 1.10 bits per heavy atom.